The molecular formula is C20H18F2NP. The molecule has 0 aliphatic carbocycles. The predicted molar refractivity (Wildman–Crippen MR) is 99.4 cm³/mol. The van der Waals surface area contributed by atoms with Crippen molar-refractivity contribution in [3.05, 3.63) is 84.4 Å². The van der Waals surface area contributed by atoms with Crippen LogP contribution in [0.1, 0.15) is 0 Å². The van der Waals surface area contributed by atoms with Gasteiger partial charge in [-0.15, -0.1) is 0 Å². The van der Waals surface area contributed by atoms with Gasteiger partial charge in [0.15, 0.2) is 0 Å². The lowest BCUT2D eigenvalue weighted by Gasteiger charge is -2.25. The van der Waals surface area contributed by atoms with Gasteiger partial charge >= 0.3 is 0 Å². The Labute approximate surface area is 142 Å². The van der Waals surface area contributed by atoms with Crippen LogP contribution < -0.4 is 20.8 Å². The average Bonchev–Trinajstić information content (AvgIpc) is 2.59. The van der Waals surface area contributed by atoms with Crippen molar-refractivity contribution in [3.8, 4) is 0 Å². The van der Waals surface area contributed by atoms with E-state index < -0.39 is 7.92 Å². The Kier molecular flexibility index (Phi) is 4.92. The molecule has 122 valence electrons. The molecule has 0 fully saturated rings. The van der Waals surface area contributed by atoms with Crippen LogP contribution in [0.3, 0.4) is 0 Å². The second-order valence-corrected chi connectivity index (χ2v) is 7.86. The van der Waals surface area contributed by atoms with E-state index in [4.69, 9.17) is 0 Å². The number of para-hydroxylation sites is 1. The molecule has 0 aliphatic heterocycles. The predicted octanol–water partition coefficient (Wildman–Crippen LogP) is 3.79. The Hall–Kier alpha value is -2.25. The summed E-state index contributed by atoms with van der Waals surface area (Å²) >= 11 is 0. The van der Waals surface area contributed by atoms with E-state index in [0.29, 0.717) is 0 Å². The number of nitrogens with zero attached hydrogens (tertiary/aromatic N) is 1. The van der Waals surface area contributed by atoms with Crippen LogP contribution in [0, 0.1) is 11.6 Å². The molecule has 0 aliphatic rings. The summed E-state index contributed by atoms with van der Waals surface area (Å²) in [5, 5.41) is 3.23. The van der Waals surface area contributed by atoms with Gasteiger partial charge in [0.05, 0.1) is 0 Å². The van der Waals surface area contributed by atoms with Crippen LogP contribution >= 0.6 is 7.92 Å². The van der Waals surface area contributed by atoms with Crippen LogP contribution in [0.15, 0.2) is 72.8 Å². The van der Waals surface area contributed by atoms with Crippen molar-refractivity contribution >= 4 is 29.5 Å². The molecule has 4 heteroatoms. The van der Waals surface area contributed by atoms with E-state index in [-0.39, 0.29) is 11.6 Å². The van der Waals surface area contributed by atoms with Gasteiger partial charge in [-0.05, 0) is 48.9 Å². The summed E-state index contributed by atoms with van der Waals surface area (Å²) in [6, 6.07) is 21.3. The summed E-state index contributed by atoms with van der Waals surface area (Å²) < 4.78 is 26.7. The molecule has 0 saturated heterocycles. The lowest BCUT2D eigenvalue weighted by Crippen LogP contribution is -2.26. The van der Waals surface area contributed by atoms with E-state index in [1.807, 2.05) is 50.5 Å². The summed E-state index contributed by atoms with van der Waals surface area (Å²) in [6.45, 7) is 0. The molecular weight excluding hydrogens is 323 g/mol. The molecule has 0 aromatic heterocycles. The Morgan fingerprint density at radius 3 is 1.58 bits per heavy atom. The lowest BCUT2D eigenvalue weighted by molar-refractivity contribution is 0.628. The van der Waals surface area contributed by atoms with E-state index in [0.717, 1.165) is 21.6 Å². The number of hydrogen-bond acceptors (Lipinski definition) is 1. The largest absolute Gasteiger partial charge is 0.377 e. The normalized spacial score (nSPS) is 10.9. The summed E-state index contributed by atoms with van der Waals surface area (Å²) in [7, 11) is 3.10. The zero-order valence-corrected chi connectivity index (χ0v) is 14.5. The first-order valence-electron chi connectivity index (χ1n) is 7.64. The van der Waals surface area contributed by atoms with Gasteiger partial charge in [-0.25, -0.2) is 8.78 Å². The third kappa shape index (κ3) is 3.47. The molecule has 3 rings (SSSR count). The van der Waals surface area contributed by atoms with Gasteiger partial charge in [0, 0.05) is 25.1 Å². The van der Waals surface area contributed by atoms with Crippen LogP contribution in [-0.2, 0) is 0 Å². The van der Waals surface area contributed by atoms with Gasteiger partial charge in [-0.1, -0.05) is 42.5 Å². The minimum absolute atomic E-state index is 0.256. The third-order valence-electron chi connectivity index (χ3n) is 3.77. The molecule has 0 unspecified atom stereocenters. The van der Waals surface area contributed by atoms with Crippen LogP contribution in [-0.4, -0.2) is 14.1 Å². The Balaban J connectivity index is 2.19. The van der Waals surface area contributed by atoms with Crippen molar-refractivity contribution in [3.63, 3.8) is 0 Å². The van der Waals surface area contributed by atoms with Crippen LogP contribution in [0.25, 0.3) is 0 Å². The highest BCUT2D eigenvalue weighted by atomic mass is 31.1. The van der Waals surface area contributed by atoms with Gasteiger partial charge in [-0.2, -0.15) is 0 Å². The monoisotopic (exact) mass is 341 g/mol. The van der Waals surface area contributed by atoms with Crippen LogP contribution in [0.5, 0.6) is 0 Å². The summed E-state index contributed by atoms with van der Waals surface area (Å²) in [4.78, 5) is 2.07. The maximum Gasteiger partial charge on any atom is 0.123 e. The topological polar surface area (TPSA) is 3.24 Å². The molecule has 3 aromatic rings. The summed E-state index contributed by atoms with van der Waals surface area (Å²) in [6.07, 6.45) is 0. The van der Waals surface area contributed by atoms with Gasteiger partial charge in [0.2, 0.25) is 0 Å². The fraction of sp³-hybridized carbons (Fsp3) is 0.100. The van der Waals surface area contributed by atoms with E-state index in [1.54, 1.807) is 0 Å². The quantitative estimate of drug-likeness (QED) is 0.653. The fourth-order valence-corrected chi connectivity index (χ4v) is 5.13. The first-order valence-corrected chi connectivity index (χ1v) is 8.98. The van der Waals surface area contributed by atoms with Crippen molar-refractivity contribution < 1.29 is 8.78 Å². The zero-order valence-electron chi connectivity index (χ0n) is 13.6. The summed E-state index contributed by atoms with van der Waals surface area (Å²) in [5.74, 6) is -0.512. The number of halogens is 2. The molecule has 0 amide bonds. The number of benzene rings is 3. The van der Waals surface area contributed by atoms with E-state index >= 15 is 0 Å². The number of rotatable bonds is 4. The van der Waals surface area contributed by atoms with Crippen molar-refractivity contribution in [2.75, 3.05) is 19.0 Å². The molecule has 0 saturated carbocycles. The van der Waals surface area contributed by atoms with Gasteiger partial charge in [0.1, 0.15) is 11.6 Å². The number of anilines is 1. The SMILES string of the molecule is CN(C)c1ccccc1P(c1ccc(F)cc1)c1ccc(F)cc1. The second kappa shape index (κ2) is 7.11. The highest BCUT2D eigenvalue weighted by Crippen LogP contribution is 2.36. The van der Waals surface area contributed by atoms with Gasteiger partial charge < -0.3 is 4.90 Å². The maximum atomic E-state index is 13.4. The average molecular weight is 341 g/mol. The second-order valence-electron chi connectivity index (χ2n) is 5.67. The first-order chi connectivity index (χ1) is 11.6. The van der Waals surface area contributed by atoms with E-state index in [1.165, 1.54) is 24.3 Å². The minimum Gasteiger partial charge on any atom is -0.377 e. The Morgan fingerprint density at radius 2 is 1.12 bits per heavy atom. The molecule has 3 aromatic carbocycles. The lowest BCUT2D eigenvalue weighted by atomic mass is 10.3. The van der Waals surface area contributed by atoms with Gasteiger partial charge in [-0.3, -0.25) is 0 Å². The maximum absolute atomic E-state index is 13.4. The zero-order chi connectivity index (χ0) is 17.1. The molecule has 0 atom stereocenters. The minimum atomic E-state index is -0.899. The summed E-state index contributed by atoms with van der Waals surface area (Å²) in [5.41, 5.74) is 1.11. The highest BCUT2D eigenvalue weighted by molar-refractivity contribution is 7.80. The van der Waals surface area contributed by atoms with Crippen molar-refractivity contribution in [2.24, 2.45) is 0 Å². The van der Waals surface area contributed by atoms with Crippen molar-refractivity contribution in [1.82, 2.24) is 0 Å². The fourth-order valence-electron chi connectivity index (χ4n) is 2.64. The van der Waals surface area contributed by atoms with Crippen molar-refractivity contribution in [2.45, 2.75) is 0 Å². The number of hydrogen-bond donors (Lipinski definition) is 0. The van der Waals surface area contributed by atoms with E-state index in [9.17, 15) is 8.78 Å². The standard InChI is InChI=1S/C20H18F2NP/c1-23(2)19-5-3-4-6-20(19)24(17-11-7-15(21)8-12-17)18-13-9-16(22)10-14-18/h3-14H,1-2H3. The molecule has 24 heavy (non-hydrogen) atoms. The smallest absolute Gasteiger partial charge is 0.123 e. The Bertz CT molecular complexity index is 768. The molecule has 0 heterocycles. The molecule has 0 radical (unpaired) electrons. The highest BCUT2D eigenvalue weighted by Gasteiger charge is 2.20. The van der Waals surface area contributed by atoms with Crippen LogP contribution in [0.2, 0.25) is 0 Å². The van der Waals surface area contributed by atoms with Crippen LogP contribution in [0.4, 0.5) is 14.5 Å². The molecule has 0 bridgehead atoms. The first kappa shape index (κ1) is 16.6. The third-order valence-corrected chi connectivity index (χ3v) is 6.26. The molecule has 0 N–H and O–H groups in total. The van der Waals surface area contributed by atoms with E-state index in [2.05, 4.69) is 17.0 Å². The van der Waals surface area contributed by atoms with Gasteiger partial charge in [0.25, 0.3) is 0 Å². The molecule has 1 nitrogen and oxygen atoms in total. The molecule has 0 spiro atoms. The Morgan fingerprint density at radius 1 is 0.667 bits per heavy atom. The van der Waals surface area contributed by atoms with Crippen molar-refractivity contribution in [1.29, 1.82) is 0 Å².